The molecule has 0 aliphatic heterocycles. The highest BCUT2D eigenvalue weighted by Crippen LogP contribution is 2.34. The van der Waals surface area contributed by atoms with E-state index in [9.17, 15) is 0 Å². The summed E-state index contributed by atoms with van der Waals surface area (Å²) in [6.45, 7) is 7.53. The second-order valence-corrected chi connectivity index (χ2v) is 6.07. The van der Waals surface area contributed by atoms with E-state index in [1.165, 1.54) is 32.6 Å². The second-order valence-electron chi connectivity index (χ2n) is 6.07. The van der Waals surface area contributed by atoms with Gasteiger partial charge >= 0.3 is 0 Å². The Balaban J connectivity index is 2.12. The summed E-state index contributed by atoms with van der Waals surface area (Å²) in [5.41, 5.74) is 2.68. The molecule has 3 aromatic carbocycles. The van der Waals surface area contributed by atoms with E-state index in [4.69, 9.17) is 0 Å². The topological polar surface area (TPSA) is 8.17 Å². The summed E-state index contributed by atoms with van der Waals surface area (Å²) in [7, 11) is 0. The monoisotopic (exact) mass is 302 g/mol. The Morgan fingerprint density at radius 3 is 2.22 bits per heavy atom. The van der Waals surface area contributed by atoms with E-state index in [0.29, 0.717) is 0 Å². The minimum Gasteiger partial charge on any atom is -0.326 e. The second kappa shape index (κ2) is 5.71. The summed E-state index contributed by atoms with van der Waals surface area (Å²) in [6, 6.07) is 22.0. The van der Waals surface area contributed by atoms with Crippen LogP contribution >= 0.6 is 0 Å². The molecule has 1 heterocycles. The van der Waals surface area contributed by atoms with Gasteiger partial charge in [-0.15, -0.1) is 0 Å². The Morgan fingerprint density at radius 2 is 1.43 bits per heavy atom. The molecule has 4 aromatic rings. The summed E-state index contributed by atoms with van der Waals surface area (Å²) in [5.74, 6) is 0. The van der Waals surface area contributed by atoms with Crippen LogP contribution in [-0.4, -0.2) is 22.6 Å². The number of fused-ring (bicyclic) bond motifs is 5. The molecule has 0 bridgehead atoms. The van der Waals surface area contributed by atoms with Crippen LogP contribution in [-0.2, 0) is 6.67 Å². The Hall–Kier alpha value is -2.32. The van der Waals surface area contributed by atoms with Crippen molar-refractivity contribution < 1.29 is 0 Å². The average molecular weight is 302 g/mol. The van der Waals surface area contributed by atoms with Crippen molar-refractivity contribution in [2.45, 2.75) is 20.5 Å². The number of nitrogens with zero attached hydrogens (tertiary/aromatic N) is 2. The van der Waals surface area contributed by atoms with E-state index in [0.717, 1.165) is 19.8 Å². The lowest BCUT2D eigenvalue weighted by atomic mass is 10.1. The van der Waals surface area contributed by atoms with Gasteiger partial charge in [-0.25, -0.2) is 0 Å². The summed E-state index contributed by atoms with van der Waals surface area (Å²) in [6.07, 6.45) is 0. The van der Waals surface area contributed by atoms with Crippen molar-refractivity contribution in [3.05, 3.63) is 60.7 Å². The standard InChI is InChI=1S/C21H22N2/c1-3-22(4-2)15-23-20-12-8-7-11-18(20)19-14-13-16-9-5-6-10-17(16)21(19)23/h5-14H,3-4,15H2,1-2H3. The minimum atomic E-state index is 0.936. The van der Waals surface area contributed by atoms with Crippen molar-refractivity contribution in [3.8, 4) is 0 Å². The third-order valence-corrected chi connectivity index (χ3v) is 4.89. The lowest BCUT2D eigenvalue weighted by molar-refractivity contribution is 0.250. The maximum atomic E-state index is 2.49. The molecule has 0 saturated carbocycles. The first kappa shape index (κ1) is 14.3. The Bertz CT molecular complexity index is 977. The molecule has 1 aromatic heterocycles. The van der Waals surface area contributed by atoms with E-state index in [1.807, 2.05) is 0 Å². The van der Waals surface area contributed by atoms with E-state index >= 15 is 0 Å². The van der Waals surface area contributed by atoms with Gasteiger partial charge in [0.05, 0.1) is 17.7 Å². The lowest BCUT2D eigenvalue weighted by Gasteiger charge is -2.20. The largest absolute Gasteiger partial charge is 0.326 e. The first-order chi connectivity index (χ1) is 11.3. The van der Waals surface area contributed by atoms with Crippen molar-refractivity contribution >= 4 is 32.6 Å². The fraction of sp³-hybridized carbons (Fsp3) is 0.238. The number of aromatic nitrogens is 1. The van der Waals surface area contributed by atoms with Gasteiger partial charge in [0.15, 0.2) is 0 Å². The van der Waals surface area contributed by atoms with Gasteiger partial charge in [0.25, 0.3) is 0 Å². The lowest BCUT2D eigenvalue weighted by Crippen LogP contribution is -2.25. The molecule has 116 valence electrons. The van der Waals surface area contributed by atoms with Crippen LogP contribution in [0, 0.1) is 0 Å². The Labute approximate surface area is 136 Å². The van der Waals surface area contributed by atoms with Gasteiger partial charge in [-0.1, -0.05) is 68.4 Å². The maximum Gasteiger partial charge on any atom is 0.0757 e. The van der Waals surface area contributed by atoms with Gasteiger partial charge < -0.3 is 4.57 Å². The summed E-state index contributed by atoms with van der Waals surface area (Å²) in [5, 5.41) is 5.35. The molecule has 0 unspecified atom stereocenters. The van der Waals surface area contributed by atoms with Gasteiger partial charge in [0.1, 0.15) is 0 Å². The molecule has 0 saturated heterocycles. The van der Waals surface area contributed by atoms with Crippen LogP contribution in [0.25, 0.3) is 32.6 Å². The van der Waals surface area contributed by atoms with Crippen molar-refractivity contribution in [2.24, 2.45) is 0 Å². The normalized spacial score (nSPS) is 12.0. The van der Waals surface area contributed by atoms with E-state index < -0.39 is 0 Å². The zero-order chi connectivity index (χ0) is 15.8. The molecular weight excluding hydrogens is 280 g/mol. The van der Waals surface area contributed by atoms with Crippen LogP contribution in [0.5, 0.6) is 0 Å². The first-order valence-corrected chi connectivity index (χ1v) is 8.44. The predicted molar refractivity (Wildman–Crippen MR) is 99.9 cm³/mol. The molecule has 0 amide bonds. The molecule has 0 spiro atoms. The molecule has 0 aliphatic rings. The van der Waals surface area contributed by atoms with E-state index in [-0.39, 0.29) is 0 Å². The van der Waals surface area contributed by atoms with Gasteiger partial charge in [-0.3, -0.25) is 4.90 Å². The number of para-hydroxylation sites is 1. The third-order valence-electron chi connectivity index (χ3n) is 4.89. The van der Waals surface area contributed by atoms with Crippen LogP contribution in [0.4, 0.5) is 0 Å². The Kier molecular flexibility index (Phi) is 3.55. The van der Waals surface area contributed by atoms with Crippen molar-refractivity contribution in [1.82, 2.24) is 9.47 Å². The Morgan fingerprint density at radius 1 is 0.739 bits per heavy atom. The molecule has 0 atom stereocenters. The van der Waals surface area contributed by atoms with Crippen LogP contribution in [0.1, 0.15) is 13.8 Å². The fourth-order valence-electron chi connectivity index (χ4n) is 3.59. The van der Waals surface area contributed by atoms with Gasteiger partial charge in [0, 0.05) is 16.2 Å². The zero-order valence-corrected chi connectivity index (χ0v) is 13.8. The average Bonchev–Trinajstić information content (AvgIpc) is 2.94. The summed E-state index contributed by atoms with van der Waals surface area (Å²) < 4.78 is 2.49. The molecule has 0 aliphatic carbocycles. The van der Waals surface area contributed by atoms with E-state index in [1.54, 1.807) is 0 Å². The van der Waals surface area contributed by atoms with Crippen molar-refractivity contribution in [3.63, 3.8) is 0 Å². The van der Waals surface area contributed by atoms with Gasteiger partial charge in [0.2, 0.25) is 0 Å². The van der Waals surface area contributed by atoms with Crippen molar-refractivity contribution in [1.29, 1.82) is 0 Å². The van der Waals surface area contributed by atoms with Crippen LogP contribution < -0.4 is 0 Å². The minimum absolute atomic E-state index is 0.936. The highest BCUT2D eigenvalue weighted by atomic mass is 15.2. The van der Waals surface area contributed by atoms with Crippen LogP contribution in [0.15, 0.2) is 60.7 Å². The fourth-order valence-corrected chi connectivity index (χ4v) is 3.59. The highest BCUT2D eigenvalue weighted by molar-refractivity contribution is 6.17. The van der Waals surface area contributed by atoms with Crippen molar-refractivity contribution in [2.75, 3.05) is 13.1 Å². The molecule has 2 heteroatoms. The molecule has 0 fully saturated rings. The molecule has 23 heavy (non-hydrogen) atoms. The highest BCUT2D eigenvalue weighted by Gasteiger charge is 2.14. The quantitative estimate of drug-likeness (QED) is 0.500. The number of rotatable bonds is 4. The van der Waals surface area contributed by atoms with Gasteiger partial charge in [-0.05, 0) is 24.5 Å². The van der Waals surface area contributed by atoms with Gasteiger partial charge in [-0.2, -0.15) is 0 Å². The summed E-state index contributed by atoms with van der Waals surface area (Å²) in [4.78, 5) is 2.47. The molecule has 0 radical (unpaired) electrons. The predicted octanol–water partition coefficient (Wildman–Crippen LogP) is 5.25. The molecule has 2 nitrogen and oxygen atoms in total. The molecular formula is C21H22N2. The summed E-state index contributed by atoms with van der Waals surface area (Å²) >= 11 is 0. The number of hydrogen-bond acceptors (Lipinski definition) is 1. The molecule has 4 rings (SSSR count). The first-order valence-electron chi connectivity index (χ1n) is 8.44. The van der Waals surface area contributed by atoms with Crippen LogP contribution in [0.3, 0.4) is 0 Å². The van der Waals surface area contributed by atoms with Crippen LogP contribution in [0.2, 0.25) is 0 Å². The van der Waals surface area contributed by atoms with E-state index in [2.05, 4.69) is 84.0 Å². The number of hydrogen-bond donors (Lipinski definition) is 0. The maximum absolute atomic E-state index is 2.49. The SMILES string of the molecule is CCN(CC)Cn1c2ccccc2c2ccc3ccccc3c21. The number of benzene rings is 3. The smallest absolute Gasteiger partial charge is 0.0757 e. The molecule has 0 N–H and O–H groups in total. The third kappa shape index (κ3) is 2.22. The zero-order valence-electron chi connectivity index (χ0n) is 13.8.